The maximum absolute atomic E-state index is 5.92. The van der Waals surface area contributed by atoms with Crippen molar-refractivity contribution >= 4 is 22.9 Å². The largest absolute Gasteiger partial charge is 0.487 e. The number of ether oxygens (including phenoxy) is 1. The average molecular weight is 384 g/mol. The predicted octanol–water partition coefficient (Wildman–Crippen LogP) is 3.94. The maximum atomic E-state index is 5.92. The van der Waals surface area contributed by atoms with Crippen LogP contribution in [-0.4, -0.2) is 25.2 Å². The molecule has 2 aromatic carbocycles. The van der Waals surface area contributed by atoms with Crippen LogP contribution in [0.2, 0.25) is 5.02 Å². The van der Waals surface area contributed by atoms with Crippen molar-refractivity contribution in [2.24, 2.45) is 0 Å². The number of tetrazole rings is 1. The molecule has 0 aliphatic carbocycles. The molecule has 26 heavy (non-hydrogen) atoms. The summed E-state index contributed by atoms with van der Waals surface area (Å²) in [4.78, 5) is 4.63. The van der Waals surface area contributed by atoms with Gasteiger partial charge in [-0.05, 0) is 52.4 Å². The van der Waals surface area contributed by atoms with E-state index in [4.69, 9.17) is 16.3 Å². The topological polar surface area (TPSA) is 65.7 Å². The summed E-state index contributed by atoms with van der Waals surface area (Å²) in [7, 11) is 0. The summed E-state index contributed by atoms with van der Waals surface area (Å²) in [6.07, 6.45) is 2.34. The van der Waals surface area contributed by atoms with E-state index in [9.17, 15) is 0 Å². The van der Waals surface area contributed by atoms with Crippen LogP contribution in [-0.2, 0) is 13.0 Å². The molecule has 0 saturated carbocycles. The molecule has 8 heteroatoms. The van der Waals surface area contributed by atoms with E-state index < -0.39 is 0 Å². The van der Waals surface area contributed by atoms with Gasteiger partial charge in [-0.15, -0.1) is 16.4 Å². The second kappa shape index (κ2) is 7.63. The highest BCUT2D eigenvalue weighted by molar-refractivity contribution is 7.09. The molecule has 0 atom stereocenters. The molecule has 2 heterocycles. The molecule has 0 N–H and O–H groups in total. The summed E-state index contributed by atoms with van der Waals surface area (Å²) in [5, 5.41) is 14.9. The number of nitrogens with zero attached hydrogens (tertiary/aromatic N) is 5. The fourth-order valence-corrected chi connectivity index (χ4v) is 3.34. The summed E-state index contributed by atoms with van der Waals surface area (Å²) >= 11 is 7.55. The zero-order valence-electron chi connectivity index (χ0n) is 13.6. The summed E-state index contributed by atoms with van der Waals surface area (Å²) in [5.41, 5.74) is 2.99. The molecule has 130 valence electrons. The Bertz CT molecular complexity index is 968. The molecule has 4 aromatic rings. The smallest absolute Gasteiger partial charge is 0.143 e. The van der Waals surface area contributed by atoms with E-state index >= 15 is 0 Å². The molecular formula is C18H14ClN5OS. The minimum absolute atomic E-state index is 0.432. The molecule has 0 unspecified atom stereocenters. The van der Waals surface area contributed by atoms with Crippen LogP contribution in [0.15, 0.2) is 60.2 Å². The average Bonchev–Trinajstić information content (AvgIpc) is 3.35. The van der Waals surface area contributed by atoms with E-state index in [1.807, 2.05) is 53.9 Å². The highest BCUT2D eigenvalue weighted by Gasteiger charge is 2.05. The van der Waals surface area contributed by atoms with Gasteiger partial charge in [-0.3, -0.25) is 0 Å². The minimum atomic E-state index is 0.432. The number of aromatic nitrogens is 5. The van der Waals surface area contributed by atoms with Gasteiger partial charge in [0, 0.05) is 16.8 Å². The molecule has 4 rings (SSSR count). The number of rotatable bonds is 6. The van der Waals surface area contributed by atoms with E-state index in [0.717, 1.165) is 33.6 Å². The van der Waals surface area contributed by atoms with Crippen LogP contribution in [0, 0.1) is 0 Å². The van der Waals surface area contributed by atoms with Gasteiger partial charge in [0.1, 0.15) is 18.7 Å². The quantitative estimate of drug-likeness (QED) is 0.504. The highest BCUT2D eigenvalue weighted by atomic mass is 35.5. The van der Waals surface area contributed by atoms with Crippen molar-refractivity contribution in [2.45, 2.75) is 13.0 Å². The van der Waals surface area contributed by atoms with Gasteiger partial charge in [-0.2, -0.15) is 0 Å². The van der Waals surface area contributed by atoms with Crippen molar-refractivity contribution in [3.8, 4) is 11.4 Å². The summed E-state index contributed by atoms with van der Waals surface area (Å²) in [6.45, 7) is 0.432. The SMILES string of the molecule is Clc1ccc(Cc2nc(COc3ccc(-n4cnnn4)cc3)cs2)cc1. The van der Waals surface area contributed by atoms with Crippen LogP contribution in [0.1, 0.15) is 16.3 Å². The Morgan fingerprint density at radius 3 is 2.58 bits per heavy atom. The lowest BCUT2D eigenvalue weighted by Crippen LogP contribution is -1.98. The van der Waals surface area contributed by atoms with Crippen molar-refractivity contribution in [1.29, 1.82) is 0 Å². The fourth-order valence-electron chi connectivity index (χ4n) is 2.41. The third kappa shape index (κ3) is 4.07. The van der Waals surface area contributed by atoms with Gasteiger partial charge in [0.15, 0.2) is 0 Å². The van der Waals surface area contributed by atoms with Gasteiger partial charge >= 0.3 is 0 Å². The van der Waals surface area contributed by atoms with Gasteiger partial charge in [0.2, 0.25) is 0 Å². The van der Waals surface area contributed by atoms with Crippen molar-refractivity contribution < 1.29 is 4.74 Å². The van der Waals surface area contributed by atoms with Crippen LogP contribution in [0.4, 0.5) is 0 Å². The lowest BCUT2D eigenvalue weighted by atomic mass is 10.2. The maximum Gasteiger partial charge on any atom is 0.143 e. The van der Waals surface area contributed by atoms with Gasteiger partial charge in [0.25, 0.3) is 0 Å². The first-order valence-electron chi connectivity index (χ1n) is 7.90. The Morgan fingerprint density at radius 1 is 1.04 bits per heavy atom. The molecule has 0 radical (unpaired) electrons. The second-order valence-corrected chi connectivity index (χ2v) is 6.95. The summed E-state index contributed by atoms with van der Waals surface area (Å²) in [6, 6.07) is 15.4. The van der Waals surface area contributed by atoms with Crippen LogP contribution in [0.5, 0.6) is 5.75 Å². The zero-order chi connectivity index (χ0) is 17.8. The number of benzene rings is 2. The molecule has 6 nitrogen and oxygen atoms in total. The first kappa shape index (κ1) is 16.7. The molecular weight excluding hydrogens is 370 g/mol. The van der Waals surface area contributed by atoms with E-state index in [1.54, 1.807) is 22.3 Å². The molecule has 2 aromatic heterocycles. The Labute approximate surface area is 159 Å². The van der Waals surface area contributed by atoms with Crippen molar-refractivity contribution in [3.63, 3.8) is 0 Å². The second-order valence-electron chi connectivity index (χ2n) is 5.57. The summed E-state index contributed by atoms with van der Waals surface area (Å²) < 4.78 is 7.40. The number of hydrogen-bond acceptors (Lipinski definition) is 6. The normalized spacial score (nSPS) is 10.8. The van der Waals surface area contributed by atoms with Crippen molar-refractivity contribution in [1.82, 2.24) is 25.2 Å². The van der Waals surface area contributed by atoms with E-state index in [1.165, 1.54) is 5.56 Å². The third-order valence-corrected chi connectivity index (χ3v) is 4.85. The van der Waals surface area contributed by atoms with E-state index in [2.05, 4.69) is 20.5 Å². The molecule has 0 fully saturated rings. The van der Waals surface area contributed by atoms with Gasteiger partial charge in [-0.25, -0.2) is 9.67 Å². The van der Waals surface area contributed by atoms with Crippen molar-refractivity contribution in [2.75, 3.05) is 0 Å². The first-order valence-corrected chi connectivity index (χ1v) is 9.16. The number of hydrogen-bond donors (Lipinski definition) is 0. The zero-order valence-corrected chi connectivity index (χ0v) is 15.2. The van der Waals surface area contributed by atoms with Gasteiger partial charge < -0.3 is 4.74 Å². The minimum Gasteiger partial charge on any atom is -0.487 e. The van der Waals surface area contributed by atoms with E-state index in [0.29, 0.717) is 6.61 Å². The number of thiazole rings is 1. The van der Waals surface area contributed by atoms with Crippen LogP contribution < -0.4 is 4.74 Å². The lowest BCUT2D eigenvalue weighted by molar-refractivity contribution is 0.302. The third-order valence-electron chi connectivity index (χ3n) is 3.70. The summed E-state index contributed by atoms with van der Waals surface area (Å²) in [5.74, 6) is 0.772. The van der Waals surface area contributed by atoms with Gasteiger partial charge in [0.05, 0.1) is 16.4 Å². The first-order chi connectivity index (χ1) is 12.8. The molecule has 0 saturated heterocycles. The number of halogens is 1. The Hall–Kier alpha value is -2.77. The lowest BCUT2D eigenvalue weighted by Gasteiger charge is -2.05. The standard InChI is InChI=1S/C18H14ClN5OS/c19-14-3-1-13(2-4-14)9-18-21-15(11-26-18)10-25-17-7-5-16(6-8-17)24-12-20-22-23-24/h1-8,11-12H,9-10H2. The van der Waals surface area contributed by atoms with Crippen molar-refractivity contribution in [3.05, 3.63) is 81.5 Å². The molecule has 0 spiro atoms. The van der Waals surface area contributed by atoms with Crippen LogP contribution in [0.3, 0.4) is 0 Å². The van der Waals surface area contributed by atoms with Crippen LogP contribution in [0.25, 0.3) is 5.69 Å². The highest BCUT2D eigenvalue weighted by Crippen LogP contribution is 2.19. The van der Waals surface area contributed by atoms with Crippen LogP contribution >= 0.6 is 22.9 Å². The van der Waals surface area contributed by atoms with Gasteiger partial charge in [-0.1, -0.05) is 23.7 Å². The molecule has 0 bridgehead atoms. The Balaban J connectivity index is 1.35. The predicted molar refractivity (Wildman–Crippen MR) is 99.9 cm³/mol. The molecule has 0 amide bonds. The fraction of sp³-hybridized carbons (Fsp3) is 0.111. The van der Waals surface area contributed by atoms with E-state index in [-0.39, 0.29) is 0 Å². The molecule has 0 aliphatic heterocycles. The Morgan fingerprint density at radius 2 is 1.85 bits per heavy atom. The Kier molecular flexibility index (Phi) is 4.90. The molecule has 0 aliphatic rings. The monoisotopic (exact) mass is 383 g/mol.